The minimum absolute atomic E-state index is 0. The summed E-state index contributed by atoms with van der Waals surface area (Å²) in [6.45, 7) is 0. The van der Waals surface area contributed by atoms with Crippen molar-refractivity contribution in [1.82, 2.24) is 15.2 Å². The Morgan fingerprint density at radius 3 is 2.53 bits per heavy atom. The van der Waals surface area contributed by atoms with Crippen LogP contribution < -0.4 is 0 Å². The highest BCUT2D eigenvalue weighted by Crippen LogP contribution is 2.15. The lowest BCUT2D eigenvalue weighted by molar-refractivity contribution is 0.0690. The molecule has 15 heavy (non-hydrogen) atoms. The first-order chi connectivity index (χ1) is 6.77. The van der Waals surface area contributed by atoms with Crippen LogP contribution in [0.15, 0.2) is 30.6 Å². The second kappa shape index (κ2) is 4.56. The Labute approximate surface area is 91.6 Å². The molecule has 2 aromatic rings. The average molecular weight is 226 g/mol. The normalized spacial score (nSPS) is 9.33. The molecule has 6 heteroatoms. The summed E-state index contributed by atoms with van der Waals surface area (Å²) in [5, 5.41) is 15.0. The zero-order chi connectivity index (χ0) is 9.97. The third-order valence-corrected chi connectivity index (χ3v) is 1.78. The second-order valence-corrected chi connectivity index (χ2v) is 2.71. The fraction of sp³-hybridized carbons (Fsp3) is 0. The van der Waals surface area contributed by atoms with Crippen LogP contribution in [0.5, 0.6) is 0 Å². The van der Waals surface area contributed by atoms with Gasteiger partial charge in [-0.15, -0.1) is 12.4 Å². The maximum absolute atomic E-state index is 10.6. The van der Waals surface area contributed by atoms with E-state index in [-0.39, 0.29) is 18.1 Å². The van der Waals surface area contributed by atoms with Crippen molar-refractivity contribution in [3.05, 3.63) is 36.3 Å². The number of carboxylic acids is 1. The Balaban J connectivity index is 0.00000112. The molecule has 78 valence electrons. The van der Waals surface area contributed by atoms with Crippen LogP contribution >= 0.6 is 12.4 Å². The van der Waals surface area contributed by atoms with Crippen LogP contribution in [0.3, 0.4) is 0 Å². The second-order valence-electron chi connectivity index (χ2n) is 2.71. The Hall–Kier alpha value is -1.88. The zero-order valence-electron chi connectivity index (χ0n) is 7.54. The van der Waals surface area contributed by atoms with E-state index >= 15 is 0 Å². The molecule has 0 amide bonds. The van der Waals surface area contributed by atoms with Crippen LogP contribution in [0.4, 0.5) is 0 Å². The molecular formula is C9H8ClN3O2. The first-order valence-corrected chi connectivity index (χ1v) is 3.96. The molecule has 0 radical (unpaired) electrons. The summed E-state index contributed by atoms with van der Waals surface area (Å²) in [7, 11) is 0. The van der Waals surface area contributed by atoms with E-state index in [0.29, 0.717) is 5.69 Å². The smallest absolute Gasteiger partial charge is 0.353 e. The minimum Gasteiger partial charge on any atom is -0.477 e. The van der Waals surface area contributed by atoms with Crippen LogP contribution in [0.1, 0.15) is 10.5 Å². The predicted molar refractivity (Wildman–Crippen MR) is 56.0 cm³/mol. The fourth-order valence-corrected chi connectivity index (χ4v) is 1.10. The lowest BCUT2D eigenvalue weighted by atomic mass is 10.2. The number of nitrogens with zero attached hydrogens (tertiary/aromatic N) is 2. The molecule has 0 aromatic carbocycles. The number of hydrogen-bond donors (Lipinski definition) is 2. The molecule has 0 spiro atoms. The quantitative estimate of drug-likeness (QED) is 0.814. The molecular weight excluding hydrogens is 218 g/mol. The number of carbonyl (C=O) groups is 1. The first-order valence-electron chi connectivity index (χ1n) is 3.96. The molecule has 0 atom stereocenters. The number of halogens is 1. The largest absolute Gasteiger partial charge is 0.477 e. The minimum atomic E-state index is -1.02. The highest BCUT2D eigenvalue weighted by atomic mass is 35.5. The number of carboxylic acid groups (broad SMARTS) is 1. The van der Waals surface area contributed by atoms with Crippen molar-refractivity contribution in [3.8, 4) is 11.3 Å². The number of pyridine rings is 1. The van der Waals surface area contributed by atoms with Crippen molar-refractivity contribution >= 4 is 18.4 Å². The summed E-state index contributed by atoms with van der Waals surface area (Å²) in [5.74, 6) is -1.02. The van der Waals surface area contributed by atoms with Gasteiger partial charge < -0.3 is 5.11 Å². The van der Waals surface area contributed by atoms with Gasteiger partial charge in [0.2, 0.25) is 0 Å². The molecule has 0 aliphatic rings. The van der Waals surface area contributed by atoms with E-state index in [1.165, 1.54) is 6.07 Å². The summed E-state index contributed by atoms with van der Waals surface area (Å²) in [6, 6.07) is 5.02. The molecule has 0 saturated heterocycles. The standard InChI is InChI=1S/C9H7N3O2.ClH/c13-9(14)8-5-7(11-12-8)6-1-3-10-4-2-6;/h1-5H,(H,11,12)(H,13,14);1H. The van der Waals surface area contributed by atoms with E-state index in [2.05, 4.69) is 15.2 Å². The van der Waals surface area contributed by atoms with Gasteiger partial charge in [0.15, 0.2) is 0 Å². The van der Waals surface area contributed by atoms with Crippen molar-refractivity contribution in [1.29, 1.82) is 0 Å². The number of H-pyrrole nitrogens is 1. The van der Waals surface area contributed by atoms with Crippen molar-refractivity contribution in [2.75, 3.05) is 0 Å². The van der Waals surface area contributed by atoms with Gasteiger partial charge in [-0.2, -0.15) is 5.10 Å². The molecule has 5 nitrogen and oxygen atoms in total. The number of nitrogens with one attached hydrogen (secondary N) is 1. The van der Waals surface area contributed by atoms with Gasteiger partial charge in [0.1, 0.15) is 5.69 Å². The van der Waals surface area contributed by atoms with Crippen molar-refractivity contribution in [2.45, 2.75) is 0 Å². The molecule has 0 fully saturated rings. The van der Waals surface area contributed by atoms with Crippen LogP contribution in [-0.2, 0) is 0 Å². The Bertz CT molecular complexity index is 455. The predicted octanol–water partition coefficient (Wildman–Crippen LogP) is 1.59. The summed E-state index contributed by atoms with van der Waals surface area (Å²) >= 11 is 0. The molecule has 2 aromatic heterocycles. The van der Waals surface area contributed by atoms with E-state index in [4.69, 9.17) is 5.11 Å². The van der Waals surface area contributed by atoms with E-state index < -0.39 is 5.97 Å². The van der Waals surface area contributed by atoms with E-state index in [1.54, 1.807) is 24.5 Å². The number of rotatable bonds is 2. The Morgan fingerprint density at radius 1 is 1.33 bits per heavy atom. The van der Waals surface area contributed by atoms with Gasteiger partial charge in [0.05, 0.1) is 5.69 Å². The molecule has 2 heterocycles. The first kappa shape index (κ1) is 11.2. The third kappa shape index (κ3) is 2.32. The van der Waals surface area contributed by atoms with Crippen LogP contribution in [0, 0.1) is 0 Å². The molecule has 0 unspecified atom stereocenters. The van der Waals surface area contributed by atoms with Crippen molar-refractivity contribution in [2.24, 2.45) is 0 Å². The average Bonchev–Trinajstić information content (AvgIpc) is 2.68. The maximum atomic E-state index is 10.6. The molecule has 0 aliphatic heterocycles. The fourth-order valence-electron chi connectivity index (χ4n) is 1.10. The Kier molecular flexibility index (Phi) is 3.41. The van der Waals surface area contributed by atoms with E-state index in [0.717, 1.165) is 5.56 Å². The molecule has 0 bridgehead atoms. The van der Waals surface area contributed by atoms with Crippen molar-refractivity contribution < 1.29 is 9.90 Å². The van der Waals surface area contributed by atoms with Gasteiger partial charge in [-0.3, -0.25) is 10.1 Å². The van der Waals surface area contributed by atoms with Gasteiger partial charge in [0, 0.05) is 18.0 Å². The van der Waals surface area contributed by atoms with Crippen LogP contribution in [0.2, 0.25) is 0 Å². The molecule has 0 aliphatic carbocycles. The monoisotopic (exact) mass is 225 g/mol. The molecule has 2 rings (SSSR count). The zero-order valence-corrected chi connectivity index (χ0v) is 8.36. The van der Waals surface area contributed by atoms with Gasteiger partial charge in [-0.05, 0) is 18.2 Å². The highest BCUT2D eigenvalue weighted by Gasteiger charge is 2.08. The number of aromatic nitrogens is 3. The summed E-state index contributed by atoms with van der Waals surface area (Å²) in [4.78, 5) is 14.4. The Morgan fingerprint density at radius 2 is 2.00 bits per heavy atom. The lowest BCUT2D eigenvalue weighted by Crippen LogP contribution is -1.95. The summed E-state index contributed by atoms with van der Waals surface area (Å²) < 4.78 is 0. The third-order valence-electron chi connectivity index (χ3n) is 1.78. The SMILES string of the molecule is Cl.O=C(O)c1cc(-c2ccncc2)n[nH]1. The topological polar surface area (TPSA) is 78.9 Å². The van der Waals surface area contributed by atoms with Gasteiger partial charge in [0.25, 0.3) is 0 Å². The highest BCUT2D eigenvalue weighted by molar-refractivity contribution is 5.86. The number of aromatic carboxylic acids is 1. The summed E-state index contributed by atoms with van der Waals surface area (Å²) in [6.07, 6.45) is 3.26. The maximum Gasteiger partial charge on any atom is 0.353 e. The van der Waals surface area contributed by atoms with Crippen molar-refractivity contribution in [3.63, 3.8) is 0 Å². The summed E-state index contributed by atoms with van der Waals surface area (Å²) in [5.41, 5.74) is 1.52. The van der Waals surface area contributed by atoms with E-state index in [1.807, 2.05) is 0 Å². The van der Waals surface area contributed by atoms with Crippen LogP contribution in [-0.4, -0.2) is 26.3 Å². The van der Waals surface area contributed by atoms with Gasteiger partial charge >= 0.3 is 5.97 Å². The van der Waals surface area contributed by atoms with E-state index in [9.17, 15) is 4.79 Å². The van der Waals surface area contributed by atoms with Gasteiger partial charge in [-0.25, -0.2) is 4.79 Å². The molecule has 2 N–H and O–H groups in total. The number of hydrogen-bond acceptors (Lipinski definition) is 3. The molecule has 0 saturated carbocycles. The van der Waals surface area contributed by atoms with Gasteiger partial charge in [-0.1, -0.05) is 0 Å². The van der Waals surface area contributed by atoms with Crippen LogP contribution in [0.25, 0.3) is 11.3 Å². The lowest BCUT2D eigenvalue weighted by Gasteiger charge is -1.91. The number of aromatic amines is 1.